The van der Waals surface area contributed by atoms with Crippen molar-refractivity contribution in [3.8, 4) is 0 Å². The Morgan fingerprint density at radius 2 is 1.82 bits per heavy atom. The molecule has 2 aliphatic heterocycles. The van der Waals surface area contributed by atoms with Gasteiger partial charge in [0.05, 0.1) is 10.9 Å². The van der Waals surface area contributed by atoms with Crippen LogP contribution in [0, 0.1) is 11.8 Å². The Kier molecular flexibility index (Phi) is 8.09. The number of primary amides is 1. The van der Waals surface area contributed by atoms with Crippen molar-refractivity contribution < 1.29 is 27.9 Å². The van der Waals surface area contributed by atoms with Gasteiger partial charge in [0, 0.05) is 32.1 Å². The molecule has 2 amide bonds. The summed E-state index contributed by atoms with van der Waals surface area (Å²) in [6, 6.07) is 5.69. The van der Waals surface area contributed by atoms with Crippen molar-refractivity contribution in [1.82, 2.24) is 9.21 Å². The Labute approximate surface area is 194 Å². The number of nitrogens with zero attached hydrogens (tertiary/aromatic N) is 2. The molecule has 1 aromatic rings. The van der Waals surface area contributed by atoms with Crippen LogP contribution in [0.5, 0.6) is 0 Å². The highest BCUT2D eigenvalue weighted by Gasteiger charge is 2.37. The third kappa shape index (κ3) is 6.30. The summed E-state index contributed by atoms with van der Waals surface area (Å²) < 4.78 is 27.9. The molecular weight excluding hydrogens is 448 g/mol. The van der Waals surface area contributed by atoms with Crippen molar-refractivity contribution in [3.05, 3.63) is 24.3 Å². The zero-order chi connectivity index (χ0) is 24.2. The predicted molar refractivity (Wildman–Crippen MR) is 122 cm³/mol. The van der Waals surface area contributed by atoms with Gasteiger partial charge in [-0.2, -0.15) is 4.31 Å². The van der Waals surface area contributed by atoms with Gasteiger partial charge in [-0.15, -0.1) is 0 Å². The molecule has 0 aromatic heterocycles. The average Bonchev–Trinajstić information content (AvgIpc) is 3.21. The number of carbonyl (C=O) groups is 3. The molecule has 3 unspecified atom stereocenters. The van der Waals surface area contributed by atoms with E-state index in [-0.39, 0.29) is 54.1 Å². The maximum atomic E-state index is 13.2. The van der Waals surface area contributed by atoms with Gasteiger partial charge in [0.2, 0.25) is 21.8 Å². The van der Waals surface area contributed by atoms with Gasteiger partial charge in [-0.3, -0.25) is 19.3 Å². The summed E-state index contributed by atoms with van der Waals surface area (Å²) in [6.07, 6.45) is 2.64. The summed E-state index contributed by atoms with van der Waals surface area (Å²) in [4.78, 5) is 36.4. The van der Waals surface area contributed by atoms with E-state index in [0.717, 1.165) is 13.0 Å². The summed E-state index contributed by atoms with van der Waals surface area (Å²) in [5.74, 6) is -1.77. The van der Waals surface area contributed by atoms with Gasteiger partial charge in [-0.05, 0) is 74.9 Å². The molecule has 0 spiro atoms. The van der Waals surface area contributed by atoms with Crippen LogP contribution >= 0.6 is 0 Å². The molecule has 33 heavy (non-hydrogen) atoms. The first kappa shape index (κ1) is 25.1. The van der Waals surface area contributed by atoms with Crippen LogP contribution in [0.3, 0.4) is 0 Å². The minimum Gasteiger partial charge on any atom is -0.481 e. The van der Waals surface area contributed by atoms with Gasteiger partial charge in [0.1, 0.15) is 0 Å². The molecule has 0 bridgehead atoms. The quantitative estimate of drug-likeness (QED) is 0.479. The van der Waals surface area contributed by atoms with Gasteiger partial charge in [-0.1, -0.05) is 0 Å². The van der Waals surface area contributed by atoms with E-state index in [2.05, 4.69) is 5.32 Å². The number of nitrogens with one attached hydrogen (secondary N) is 1. The first-order chi connectivity index (χ1) is 15.6. The monoisotopic (exact) mass is 480 g/mol. The second-order valence-electron chi connectivity index (χ2n) is 8.86. The van der Waals surface area contributed by atoms with Crippen LogP contribution in [0.1, 0.15) is 39.0 Å². The number of benzene rings is 1. The molecule has 2 saturated heterocycles. The summed E-state index contributed by atoms with van der Waals surface area (Å²) in [5, 5.41) is 11.9. The number of likely N-dealkylation sites (tertiary alicyclic amines) is 1. The van der Waals surface area contributed by atoms with E-state index in [9.17, 15) is 27.9 Å². The number of carboxylic acid groups (broad SMARTS) is 1. The Morgan fingerprint density at radius 3 is 2.42 bits per heavy atom. The number of amides is 2. The molecule has 0 aliphatic carbocycles. The van der Waals surface area contributed by atoms with E-state index < -0.39 is 16.0 Å². The number of piperidine rings is 1. The van der Waals surface area contributed by atoms with Crippen LogP contribution in [0.2, 0.25) is 0 Å². The van der Waals surface area contributed by atoms with Gasteiger partial charge in [-0.25, -0.2) is 8.42 Å². The fourth-order valence-electron chi connectivity index (χ4n) is 4.90. The number of rotatable bonds is 9. The Balaban J connectivity index is 1.72. The lowest BCUT2D eigenvalue weighted by atomic mass is 9.82. The van der Waals surface area contributed by atoms with Crippen LogP contribution in [0.25, 0.3) is 0 Å². The largest absolute Gasteiger partial charge is 0.481 e. The predicted octanol–water partition coefficient (Wildman–Crippen LogP) is 1.09. The number of hydrogen-bond donors (Lipinski definition) is 3. The van der Waals surface area contributed by atoms with Gasteiger partial charge in [0.25, 0.3) is 0 Å². The van der Waals surface area contributed by atoms with E-state index >= 15 is 0 Å². The average molecular weight is 481 g/mol. The van der Waals surface area contributed by atoms with E-state index in [4.69, 9.17) is 5.73 Å². The minimum atomic E-state index is -3.77. The van der Waals surface area contributed by atoms with Crippen molar-refractivity contribution in [2.45, 2.75) is 50.0 Å². The van der Waals surface area contributed by atoms with Crippen molar-refractivity contribution >= 4 is 33.5 Å². The Bertz CT molecular complexity index is 981. The van der Waals surface area contributed by atoms with Crippen molar-refractivity contribution in [2.24, 2.45) is 17.6 Å². The van der Waals surface area contributed by atoms with Crippen molar-refractivity contribution in [1.29, 1.82) is 0 Å². The van der Waals surface area contributed by atoms with Crippen LogP contribution in [0.4, 0.5) is 5.69 Å². The number of sulfonamides is 1. The maximum absolute atomic E-state index is 13.2. The minimum absolute atomic E-state index is 0.0107. The molecule has 4 N–H and O–H groups in total. The number of carboxylic acids is 1. The SMILES string of the molecule is CC(=O)Nc1ccc(S(=O)(=O)N2CCC(CC(=O)O)C(CCN3CCCC3C(N)=O)C2)cc1. The zero-order valence-electron chi connectivity index (χ0n) is 18.8. The van der Waals surface area contributed by atoms with E-state index in [0.29, 0.717) is 31.5 Å². The molecule has 0 saturated carbocycles. The van der Waals surface area contributed by atoms with Crippen LogP contribution < -0.4 is 11.1 Å². The number of hydrogen-bond acceptors (Lipinski definition) is 6. The van der Waals surface area contributed by atoms with Gasteiger partial charge < -0.3 is 16.2 Å². The molecule has 11 heteroatoms. The molecule has 3 rings (SSSR count). The fourth-order valence-corrected chi connectivity index (χ4v) is 6.41. The third-order valence-electron chi connectivity index (χ3n) is 6.58. The van der Waals surface area contributed by atoms with E-state index in [1.165, 1.54) is 23.4 Å². The first-order valence-electron chi connectivity index (χ1n) is 11.2. The number of aliphatic carboxylic acids is 1. The topological polar surface area (TPSA) is 150 Å². The zero-order valence-corrected chi connectivity index (χ0v) is 19.6. The number of carbonyl (C=O) groups excluding carboxylic acids is 2. The highest BCUT2D eigenvalue weighted by Crippen LogP contribution is 2.33. The second kappa shape index (κ2) is 10.6. The van der Waals surface area contributed by atoms with Crippen molar-refractivity contribution in [2.75, 3.05) is 31.5 Å². The molecule has 2 heterocycles. The van der Waals surface area contributed by atoms with Crippen molar-refractivity contribution in [3.63, 3.8) is 0 Å². The highest BCUT2D eigenvalue weighted by atomic mass is 32.2. The standard InChI is InChI=1S/C22H32N4O6S/c1-15(27)24-18-4-6-19(7-5-18)33(31,32)26-12-9-16(13-21(28)29)17(14-26)8-11-25-10-2-3-20(25)22(23)30/h4-7,16-17,20H,2-3,8-14H2,1H3,(H2,23,30)(H,24,27)(H,28,29). The highest BCUT2D eigenvalue weighted by molar-refractivity contribution is 7.89. The molecular formula is C22H32N4O6S. The molecule has 3 atom stereocenters. The summed E-state index contributed by atoms with van der Waals surface area (Å²) in [7, 11) is -3.77. The molecule has 2 aliphatic rings. The maximum Gasteiger partial charge on any atom is 0.303 e. The molecule has 0 radical (unpaired) electrons. The molecule has 1 aromatic carbocycles. The summed E-state index contributed by atoms with van der Waals surface area (Å²) in [5.41, 5.74) is 6.01. The second-order valence-corrected chi connectivity index (χ2v) is 10.8. The smallest absolute Gasteiger partial charge is 0.303 e. The summed E-state index contributed by atoms with van der Waals surface area (Å²) >= 11 is 0. The molecule has 2 fully saturated rings. The lowest BCUT2D eigenvalue weighted by Gasteiger charge is -2.38. The van der Waals surface area contributed by atoms with Crippen LogP contribution in [0.15, 0.2) is 29.2 Å². The van der Waals surface area contributed by atoms with Gasteiger partial charge >= 0.3 is 5.97 Å². The first-order valence-corrected chi connectivity index (χ1v) is 12.6. The van der Waals surface area contributed by atoms with E-state index in [1.54, 1.807) is 12.1 Å². The fraction of sp³-hybridized carbons (Fsp3) is 0.591. The Morgan fingerprint density at radius 1 is 1.12 bits per heavy atom. The molecule has 182 valence electrons. The number of anilines is 1. The van der Waals surface area contributed by atoms with Gasteiger partial charge in [0.15, 0.2) is 0 Å². The lowest BCUT2D eigenvalue weighted by molar-refractivity contribution is -0.139. The lowest BCUT2D eigenvalue weighted by Crippen LogP contribution is -2.46. The third-order valence-corrected chi connectivity index (χ3v) is 8.46. The van der Waals surface area contributed by atoms with Crippen LogP contribution in [-0.4, -0.2) is 72.7 Å². The van der Waals surface area contributed by atoms with Crippen LogP contribution in [-0.2, 0) is 24.4 Å². The summed E-state index contributed by atoms with van der Waals surface area (Å²) in [6.45, 7) is 3.18. The molecule has 10 nitrogen and oxygen atoms in total. The normalized spacial score (nSPS) is 24.5. The Hall–Kier alpha value is -2.50. The van der Waals surface area contributed by atoms with E-state index in [1.807, 2.05) is 4.90 Å². The number of nitrogens with two attached hydrogens (primary N) is 1.